The van der Waals surface area contributed by atoms with Crippen LogP contribution in [0.4, 0.5) is 0 Å². The molecule has 3 rings (SSSR count). The number of likely N-dealkylation sites (tertiary alicyclic amines) is 1. The molecule has 0 bridgehead atoms. The van der Waals surface area contributed by atoms with E-state index in [0.717, 1.165) is 43.6 Å². The Morgan fingerprint density at radius 1 is 1.33 bits per heavy atom. The zero-order valence-electron chi connectivity index (χ0n) is 13.3. The summed E-state index contributed by atoms with van der Waals surface area (Å²) in [5, 5.41) is 9.35. The van der Waals surface area contributed by atoms with Gasteiger partial charge in [0.1, 0.15) is 11.5 Å². The molecule has 2 unspecified atom stereocenters. The molecule has 1 saturated carbocycles. The normalized spacial score (nSPS) is 27.4. The second-order valence-electron chi connectivity index (χ2n) is 6.85. The molecule has 1 aromatic heterocycles. The van der Waals surface area contributed by atoms with Crippen LogP contribution in [0.3, 0.4) is 0 Å². The van der Waals surface area contributed by atoms with Gasteiger partial charge in [-0.3, -0.25) is 4.90 Å². The first-order chi connectivity index (χ1) is 10.2. The number of rotatable bonds is 6. The van der Waals surface area contributed by atoms with E-state index in [1.54, 1.807) is 0 Å². The Kier molecular flexibility index (Phi) is 4.67. The lowest BCUT2D eigenvalue weighted by molar-refractivity contribution is 0.0879. The van der Waals surface area contributed by atoms with Crippen molar-refractivity contribution in [1.29, 1.82) is 0 Å². The minimum absolute atomic E-state index is 0.222. The van der Waals surface area contributed by atoms with Gasteiger partial charge in [-0.05, 0) is 57.5 Å². The highest BCUT2D eigenvalue weighted by molar-refractivity contribution is 5.17. The van der Waals surface area contributed by atoms with Gasteiger partial charge in [-0.15, -0.1) is 0 Å². The van der Waals surface area contributed by atoms with E-state index in [4.69, 9.17) is 4.42 Å². The summed E-state index contributed by atoms with van der Waals surface area (Å²) in [5.41, 5.74) is 0. The zero-order chi connectivity index (χ0) is 14.8. The zero-order valence-corrected chi connectivity index (χ0v) is 13.3. The maximum Gasteiger partial charge on any atom is 0.118 e. The lowest BCUT2D eigenvalue weighted by Gasteiger charge is -2.36. The van der Waals surface area contributed by atoms with E-state index in [0.29, 0.717) is 12.0 Å². The van der Waals surface area contributed by atoms with E-state index in [9.17, 15) is 5.11 Å². The van der Waals surface area contributed by atoms with Crippen molar-refractivity contribution < 1.29 is 9.52 Å². The molecule has 4 heteroatoms. The SMILES string of the molecule is CC1CC1c1ccc(CN(CCO)C2CCN(C)CC2)o1. The topological polar surface area (TPSA) is 39.9 Å². The molecule has 0 aromatic carbocycles. The summed E-state index contributed by atoms with van der Waals surface area (Å²) in [6, 6.07) is 4.84. The van der Waals surface area contributed by atoms with Crippen LogP contribution in [0.5, 0.6) is 0 Å². The van der Waals surface area contributed by atoms with E-state index >= 15 is 0 Å². The summed E-state index contributed by atoms with van der Waals surface area (Å²) in [6.07, 6.45) is 3.63. The number of aliphatic hydroxyl groups excluding tert-OH is 1. The van der Waals surface area contributed by atoms with Crippen molar-refractivity contribution >= 4 is 0 Å². The molecule has 1 aliphatic carbocycles. The maximum atomic E-state index is 9.35. The van der Waals surface area contributed by atoms with Crippen molar-refractivity contribution in [3.05, 3.63) is 23.7 Å². The smallest absolute Gasteiger partial charge is 0.118 e. The summed E-state index contributed by atoms with van der Waals surface area (Å²) in [5.74, 6) is 3.64. The standard InChI is InChI=1S/C17H28N2O2/c1-13-11-16(13)17-4-3-15(21-17)12-19(9-10-20)14-5-7-18(2)8-6-14/h3-4,13-14,16,20H,5-12H2,1-2H3. The minimum Gasteiger partial charge on any atom is -0.464 e. The van der Waals surface area contributed by atoms with E-state index < -0.39 is 0 Å². The van der Waals surface area contributed by atoms with Crippen LogP contribution >= 0.6 is 0 Å². The molecule has 4 nitrogen and oxygen atoms in total. The van der Waals surface area contributed by atoms with E-state index in [1.807, 2.05) is 0 Å². The number of aliphatic hydroxyl groups is 1. The fraction of sp³-hybridized carbons (Fsp3) is 0.765. The van der Waals surface area contributed by atoms with Gasteiger partial charge in [0.05, 0.1) is 13.2 Å². The van der Waals surface area contributed by atoms with Crippen LogP contribution in [0.25, 0.3) is 0 Å². The van der Waals surface area contributed by atoms with E-state index in [-0.39, 0.29) is 6.61 Å². The molecular weight excluding hydrogens is 264 g/mol. The molecule has 2 atom stereocenters. The second-order valence-corrected chi connectivity index (χ2v) is 6.85. The van der Waals surface area contributed by atoms with Crippen molar-refractivity contribution in [3.8, 4) is 0 Å². The van der Waals surface area contributed by atoms with Crippen LogP contribution in [0.15, 0.2) is 16.5 Å². The monoisotopic (exact) mass is 292 g/mol. The first-order valence-corrected chi connectivity index (χ1v) is 8.29. The van der Waals surface area contributed by atoms with Crippen molar-refractivity contribution in [3.63, 3.8) is 0 Å². The van der Waals surface area contributed by atoms with Gasteiger partial charge in [-0.2, -0.15) is 0 Å². The highest BCUT2D eigenvalue weighted by Gasteiger charge is 2.36. The molecule has 1 aliphatic heterocycles. The third kappa shape index (κ3) is 3.68. The first-order valence-electron chi connectivity index (χ1n) is 8.29. The van der Waals surface area contributed by atoms with Crippen LogP contribution < -0.4 is 0 Å². The Morgan fingerprint density at radius 2 is 2.05 bits per heavy atom. The fourth-order valence-electron chi connectivity index (χ4n) is 3.48. The minimum atomic E-state index is 0.222. The van der Waals surface area contributed by atoms with Gasteiger partial charge in [-0.1, -0.05) is 6.92 Å². The van der Waals surface area contributed by atoms with Crippen LogP contribution in [-0.2, 0) is 6.54 Å². The number of hydrogen-bond donors (Lipinski definition) is 1. The van der Waals surface area contributed by atoms with Crippen molar-refractivity contribution in [1.82, 2.24) is 9.80 Å². The summed E-state index contributed by atoms with van der Waals surface area (Å²) >= 11 is 0. The lowest BCUT2D eigenvalue weighted by atomic mass is 10.0. The Hall–Kier alpha value is -0.840. The van der Waals surface area contributed by atoms with Crippen LogP contribution in [0.1, 0.15) is 43.6 Å². The van der Waals surface area contributed by atoms with Crippen LogP contribution in [-0.4, -0.2) is 54.2 Å². The van der Waals surface area contributed by atoms with Crippen molar-refractivity contribution in [2.45, 2.75) is 44.7 Å². The van der Waals surface area contributed by atoms with Gasteiger partial charge >= 0.3 is 0 Å². The predicted molar refractivity (Wildman–Crippen MR) is 83.2 cm³/mol. The van der Waals surface area contributed by atoms with Crippen molar-refractivity contribution in [2.24, 2.45) is 5.92 Å². The predicted octanol–water partition coefficient (Wildman–Crippen LogP) is 2.29. The molecule has 0 radical (unpaired) electrons. The van der Waals surface area contributed by atoms with Gasteiger partial charge < -0.3 is 14.4 Å². The number of nitrogens with zero attached hydrogens (tertiary/aromatic N) is 2. The van der Waals surface area contributed by atoms with Crippen LogP contribution in [0, 0.1) is 5.92 Å². The highest BCUT2D eigenvalue weighted by atomic mass is 16.3. The second kappa shape index (κ2) is 6.51. The molecule has 1 aromatic rings. The maximum absolute atomic E-state index is 9.35. The Labute approximate surface area is 127 Å². The Balaban J connectivity index is 1.60. The van der Waals surface area contributed by atoms with Crippen molar-refractivity contribution in [2.75, 3.05) is 33.3 Å². The molecule has 0 amide bonds. The first kappa shape index (κ1) is 15.1. The molecule has 2 heterocycles. The van der Waals surface area contributed by atoms with E-state index in [1.165, 1.54) is 19.3 Å². The molecule has 2 aliphatic rings. The number of hydrogen-bond acceptors (Lipinski definition) is 4. The van der Waals surface area contributed by atoms with Gasteiger partial charge in [0, 0.05) is 18.5 Å². The number of furan rings is 1. The number of piperidine rings is 1. The molecule has 1 saturated heterocycles. The average molecular weight is 292 g/mol. The average Bonchev–Trinajstić information content (AvgIpc) is 3.02. The fourth-order valence-corrected chi connectivity index (χ4v) is 3.48. The molecule has 0 spiro atoms. The summed E-state index contributed by atoms with van der Waals surface area (Å²) in [4.78, 5) is 4.78. The van der Waals surface area contributed by atoms with Gasteiger partial charge in [-0.25, -0.2) is 0 Å². The van der Waals surface area contributed by atoms with Crippen LogP contribution in [0.2, 0.25) is 0 Å². The lowest BCUT2D eigenvalue weighted by Crippen LogP contribution is -2.44. The van der Waals surface area contributed by atoms with Gasteiger partial charge in [0.15, 0.2) is 0 Å². The third-order valence-corrected chi connectivity index (χ3v) is 5.11. The third-order valence-electron chi connectivity index (χ3n) is 5.11. The van der Waals surface area contributed by atoms with Gasteiger partial charge in [0.25, 0.3) is 0 Å². The summed E-state index contributed by atoms with van der Waals surface area (Å²) in [6.45, 7) is 6.37. The molecule has 1 N–H and O–H groups in total. The largest absolute Gasteiger partial charge is 0.464 e. The highest BCUT2D eigenvalue weighted by Crippen LogP contribution is 2.47. The summed E-state index contributed by atoms with van der Waals surface area (Å²) in [7, 11) is 2.18. The molecule has 21 heavy (non-hydrogen) atoms. The summed E-state index contributed by atoms with van der Waals surface area (Å²) < 4.78 is 6.03. The van der Waals surface area contributed by atoms with E-state index in [2.05, 4.69) is 35.9 Å². The molecular formula is C17H28N2O2. The molecule has 118 valence electrons. The van der Waals surface area contributed by atoms with Gasteiger partial charge in [0.2, 0.25) is 0 Å². The quantitative estimate of drug-likeness (QED) is 0.873. The Bertz CT molecular complexity index is 451. The Morgan fingerprint density at radius 3 is 2.67 bits per heavy atom. The molecule has 2 fully saturated rings.